The Bertz CT molecular complexity index is 1750. The first-order valence-electron chi connectivity index (χ1n) is 16.7. The highest BCUT2D eigenvalue weighted by atomic mass is 32.2. The minimum Gasteiger partial charge on any atom is -0.444 e. The fraction of sp³-hybridized carbons (Fsp3) is 0.459. The first-order chi connectivity index (χ1) is 22.4. The molecule has 1 aromatic heterocycles. The summed E-state index contributed by atoms with van der Waals surface area (Å²) in [6.07, 6.45) is 7.62. The summed E-state index contributed by atoms with van der Waals surface area (Å²) in [6, 6.07) is 14.4. The number of piperazine rings is 1. The lowest BCUT2D eigenvalue weighted by molar-refractivity contribution is -0.129. The summed E-state index contributed by atoms with van der Waals surface area (Å²) in [6.45, 7) is 7.69. The fourth-order valence-electron chi connectivity index (χ4n) is 7.03. The molecular formula is C37H47N5O4S. The van der Waals surface area contributed by atoms with Gasteiger partial charge in [-0.15, -0.1) is 0 Å². The van der Waals surface area contributed by atoms with E-state index in [2.05, 4.69) is 39.4 Å². The lowest BCUT2D eigenvalue weighted by Gasteiger charge is -2.36. The quantitative estimate of drug-likeness (QED) is 0.311. The average Bonchev–Trinajstić information content (AvgIpc) is 3.26. The Hall–Kier alpha value is -3.89. The number of amides is 3. The van der Waals surface area contributed by atoms with Crippen LogP contribution in [0.4, 0.5) is 4.79 Å². The molecule has 0 spiro atoms. The van der Waals surface area contributed by atoms with Gasteiger partial charge < -0.3 is 19.1 Å². The van der Waals surface area contributed by atoms with Crippen LogP contribution in [0.15, 0.2) is 48.0 Å². The van der Waals surface area contributed by atoms with Crippen molar-refractivity contribution in [2.45, 2.75) is 70.9 Å². The molecular weight excluding hydrogens is 611 g/mol. The third-order valence-electron chi connectivity index (χ3n) is 9.40. The Balaban J connectivity index is 1.39. The lowest BCUT2D eigenvalue weighted by Crippen LogP contribution is -2.52. The molecule has 3 aromatic rings. The van der Waals surface area contributed by atoms with Crippen molar-refractivity contribution in [2.75, 3.05) is 40.3 Å². The van der Waals surface area contributed by atoms with Crippen LogP contribution < -0.4 is 4.72 Å². The van der Waals surface area contributed by atoms with Crippen molar-refractivity contribution in [1.82, 2.24) is 23.4 Å². The Morgan fingerprint density at radius 3 is 2.32 bits per heavy atom. The largest absolute Gasteiger partial charge is 0.444 e. The number of rotatable bonds is 5. The number of fused-ring (bicyclic) bond motifs is 5. The van der Waals surface area contributed by atoms with Crippen LogP contribution >= 0.6 is 10.9 Å². The third kappa shape index (κ3) is 6.90. The highest BCUT2D eigenvalue weighted by molar-refractivity contribution is 8.10. The van der Waals surface area contributed by atoms with Gasteiger partial charge in [-0.05, 0) is 99.7 Å². The van der Waals surface area contributed by atoms with Crippen molar-refractivity contribution in [3.63, 3.8) is 0 Å². The Labute approximate surface area is 280 Å². The molecule has 0 bridgehead atoms. The summed E-state index contributed by atoms with van der Waals surface area (Å²) in [4.78, 5) is 43.9. The minimum atomic E-state index is -0.660. The molecule has 47 heavy (non-hydrogen) atoms. The van der Waals surface area contributed by atoms with E-state index in [0.29, 0.717) is 49.8 Å². The summed E-state index contributed by atoms with van der Waals surface area (Å²) < 4.78 is 12.7. The number of ether oxygens (including phenoxy) is 1. The van der Waals surface area contributed by atoms with Crippen molar-refractivity contribution in [1.29, 1.82) is 0 Å². The van der Waals surface area contributed by atoms with Crippen LogP contribution in [-0.2, 0) is 16.1 Å². The maximum absolute atomic E-state index is 14.3. The van der Waals surface area contributed by atoms with Crippen LogP contribution in [0.3, 0.4) is 0 Å². The third-order valence-corrected chi connectivity index (χ3v) is 10.7. The summed E-state index contributed by atoms with van der Waals surface area (Å²) in [5.41, 5.74) is 6.27. The van der Waals surface area contributed by atoms with Crippen molar-refractivity contribution in [3.8, 4) is 11.3 Å². The number of carbonyl (C=O) groups is 3. The molecule has 1 aliphatic carbocycles. The highest BCUT2D eigenvalue weighted by Crippen LogP contribution is 2.46. The van der Waals surface area contributed by atoms with E-state index in [1.807, 2.05) is 68.3 Å². The van der Waals surface area contributed by atoms with Crippen LogP contribution in [0, 0.1) is 0 Å². The van der Waals surface area contributed by atoms with E-state index in [1.165, 1.54) is 24.8 Å². The molecule has 2 fully saturated rings. The maximum Gasteiger partial charge on any atom is 0.410 e. The van der Waals surface area contributed by atoms with Crippen molar-refractivity contribution in [3.05, 3.63) is 64.7 Å². The number of nitrogens with one attached hydrogen (secondary N) is 1. The van der Waals surface area contributed by atoms with E-state index in [0.717, 1.165) is 40.6 Å². The smallest absolute Gasteiger partial charge is 0.410 e. The van der Waals surface area contributed by atoms with E-state index < -0.39 is 16.5 Å². The van der Waals surface area contributed by atoms with Crippen molar-refractivity contribution in [2.24, 2.45) is 0 Å². The standard InChI is InChI=1S/C37H47N5O4S/c1-37(2,3)46-36(45)41-20-18-40(19-21-41)35(44)28-22-26-14-10-11-15-29(26)33-32(25-12-8-7-9-13-25)30-17-16-27(23-31(30)42(33)24-28)34(43)38-47(6)39(4)5/h10-11,14-17,22-23,25H,6-9,12-13,18-21,24H2,1-5H3,(H,38,43). The second kappa shape index (κ2) is 13.3. The van der Waals surface area contributed by atoms with Gasteiger partial charge in [0.05, 0.1) is 12.2 Å². The van der Waals surface area contributed by atoms with Crippen LogP contribution in [0.5, 0.6) is 0 Å². The Morgan fingerprint density at radius 1 is 0.957 bits per heavy atom. The SMILES string of the molecule is C=S(NC(=O)c1ccc2c(C3CCCCC3)c3n(c2c1)CC(C(=O)N1CCN(C(=O)OC(C)(C)C)CC1)=Cc1ccccc1-3)N(C)C. The van der Waals surface area contributed by atoms with Gasteiger partial charge in [-0.3, -0.25) is 14.3 Å². The minimum absolute atomic E-state index is 0.0291. The normalized spacial score (nSPS) is 17.9. The monoisotopic (exact) mass is 657 g/mol. The molecule has 3 aliphatic rings. The molecule has 250 valence electrons. The van der Waals surface area contributed by atoms with Gasteiger partial charge in [0.15, 0.2) is 0 Å². The van der Waals surface area contributed by atoms with Gasteiger partial charge in [0, 0.05) is 53.8 Å². The number of benzene rings is 2. The molecule has 10 heteroatoms. The first kappa shape index (κ1) is 33.0. The summed E-state index contributed by atoms with van der Waals surface area (Å²) in [7, 11) is 3.12. The molecule has 1 saturated carbocycles. The van der Waals surface area contributed by atoms with Crippen LogP contribution in [0.2, 0.25) is 0 Å². The van der Waals surface area contributed by atoms with Gasteiger partial charge in [0.2, 0.25) is 0 Å². The van der Waals surface area contributed by atoms with Gasteiger partial charge in [0.1, 0.15) is 5.60 Å². The zero-order chi connectivity index (χ0) is 33.5. The predicted molar refractivity (Wildman–Crippen MR) is 191 cm³/mol. The number of aromatic nitrogens is 1. The summed E-state index contributed by atoms with van der Waals surface area (Å²) in [5, 5.41) is 1.15. The Morgan fingerprint density at radius 2 is 1.64 bits per heavy atom. The number of nitrogens with zero attached hydrogens (tertiary/aromatic N) is 4. The molecule has 6 rings (SSSR count). The second-order valence-electron chi connectivity index (χ2n) is 14.0. The highest BCUT2D eigenvalue weighted by Gasteiger charge is 2.33. The Kier molecular flexibility index (Phi) is 9.36. The zero-order valence-electron chi connectivity index (χ0n) is 28.3. The van der Waals surface area contributed by atoms with Gasteiger partial charge in [-0.25, -0.2) is 9.10 Å². The molecule has 1 saturated heterocycles. The number of carbonyl (C=O) groups excluding carboxylic acids is 3. The molecule has 9 nitrogen and oxygen atoms in total. The van der Waals surface area contributed by atoms with Crippen molar-refractivity contribution >= 4 is 51.6 Å². The van der Waals surface area contributed by atoms with Crippen LogP contribution in [-0.4, -0.2) is 88.3 Å². The molecule has 3 heterocycles. The average molecular weight is 658 g/mol. The fourth-order valence-corrected chi connectivity index (χ4v) is 7.54. The van der Waals surface area contributed by atoms with Gasteiger partial charge in [0.25, 0.3) is 11.8 Å². The maximum atomic E-state index is 14.3. The molecule has 0 radical (unpaired) electrons. The lowest BCUT2D eigenvalue weighted by atomic mass is 9.81. The van der Waals surface area contributed by atoms with E-state index in [1.54, 1.807) is 4.90 Å². The molecule has 1 atom stereocenters. The van der Waals surface area contributed by atoms with Gasteiger partial charge in [-0.1, -0.05) is 49.6 Å². The van der Waals surface area contributed by atoms with E-state index in [9.17, 15) is 14.4 Å². The van der Waals surface area contributed by atoms with Gasteiger partial charge in [-0.2, -0.15) is 0 Å². The first-order valence-corrected chi connectivity index (χ1v) is 18.0. The van der Waals surface area contributed by atoms with Crippen molar-refractivity contribution < 1.29 is 19.1 Å². The molecule has 2 aliphatic heterocycles. The molecule has 3 amide bonds. The van der Waals surface area contributed by atoms with E-state index in [4.69, 9.17) is 4.74 Å². The number of hydrogen-bond donors (Lipinski definition) is 1. The molecule has 1 N–H and O–H groups in total. The van der Waals surface area contributed by atoms with Crippen LogP contribution in [0.1, 0.15) is 80.3 Å². The zero-order valence-corrected chi connectivity index (χ0v) is 29.1. The van der Waals surface area contributed by atoms with E-state index >= 15 is 0 Å². The summed E-state index contributed by atoms with van der Waals surface area (Å²) >= 11 is 0. The summed E-state index contributed by atoms with van der Waals surface area (Å²) in [5.74, 6) is 4.29. The predicted octanol–water partition coefficient (Wildman–Crippen LogP) is 6.65. The van der Waals surface area contributed by atoms with Gasteiger partial charge >= 0.3 is 6.09 Å². The van der Waals surface area contributed by atoms with Crippen LogP contribution in [0.25, 0.3) is 28.2 Å². The number of hydrogen-bond acceptors (Lipinski definition) is 5. The molecule has 1 unspecified atom stereocenters. The molecule has 2 aromatic carbocycles. The van der Waals surface area contributed by atoms with E-state index in [-0.39, 0.29) is 17.9 Å². The topological polar surface area (TPSA) is 87.1 Å². The second-order valence-corrected chi connectivity index (χ2v) is 15.7.